The smallest absolute Gasteiger partial charge is 0.323 e. The third kappa shape index (κ3) is 10.1. The Morgan fingerprint density at radius 1 is 0.786 bits per heavy atom. The minimum absolute atomic E-state index is 0.107. The first-order chi connectivity index (χ1) is 20.2. The van der Waals surface area contributed by atoms with Gasteiger partial charge in [-0.1, -0.05) is 69.3 Å². The topological polar surface area (TPSA) is 123 Å². The molecule has 0 saturated carbocycles. The average Bonchev–Trinajstić information content (AvgIpc) is 2.98. The van der Waals surface area contributed by atoms with E-state index in [1.165, 1.54) is 7.11 Å². The highest BCUT2D eigenvalue weighted by Gasteiger charge is 2.24. The van der Waals surface area contributed by atoms with Crippen LogP contribution >= 0.6 is 0 Å². The van der Waals surface area contributed by atoms with Gasteiger partial charge in [0.2, 0.25) is 5.91 Å². The van der Waals surface area contributed by atoms with Crippen LogP contribution in [0.4, 0.5) is 16.2 Å². The Hall–Kier alpha value is -4.66. The molecule has 0 fully saturated rings. The molecular weight excluding hydrogens is 534 g/mol. The fraction of sp³-hybridized carbons (Fsp3) is 0.333. The fourth-order valence-corrected chi connectivity index (χ4v) is 4.30. The van der Waals surface area contributed by atoms with E-state index in [0.717, 1.165) is 11.1 Å². The van der Waals surface area contributed by atoms with E-state index >= 15 is 0 Å². The number of benzene rings is 3. The van der Waals surface area contributed by atoms with Crippen LogP contribution in [0.2, 0.25) is 0 Å². The Kier molecular flexibility index (Phi) is 12.1. The second-order valence-electron chi connectivity index (χ2n) is 10.5. The summed E-state index contributed by atoms with van der Waals surface area (Å²) in [6.45, 7) is 5.89. The quantitative estimate of drug-likeness (QED) is 0.172. The normalized spacial score (nSPS) is 12.1. The van der Waals surface area contributed by atoms with Crippen LogP contribution in [0.3, 0.4) is 0 Å². The molecule has 3 aromatic rings. The van der Waals surface area contributed by atoms with E-state index in [-0.39, 0.29) is 36.8 Å². The number of rotatable bonds is 13. The van der Waals surface area contributed by atoms with Crippen LogP contribution in [-0.2, 0) is 25.5 Å². The van der Waals surface area contributed by atoms with Crippen molar-refractivity contribution in [2.75, 3.05) is 24.3 Å². The number of aryl methyl sites for hydroxylation is 1. The highest BCUT2D eigenvalue weighted by Crippen LogP contribution is 2.26. The van der Waals surface area contributed by atoms with Gasteiger partial charge >= 0.3 is 18.0 Å². The van der Waals surface area contributed by atoms with Crippen molar-refractivity contribution in [2.24, 2.45) is 11.8 Å². The number of nitrogens with one attached hydrogen (secondary N) is 3. The molecule has 0 aromatic heterocycles. The van der Waals surface area contributed by atoms with Crippen LogP contribution in [0.15, 0.2) is 78.9 Å². The van der Waals surface area contributed by atoms with E-state index < -0.39 is 17.8 Å². The van der Waals surface area contributed by atoms with E-state index in [0.29, 0.717) is 30.0 Å². The number of para-hydroxylation sites is 2. The number of anilines is 2. The van der Waals surface area contributed by atoms with Crippen LogP contribution in [0.1, 0.15) is 50.7 Å². The van der Waals surface area contributed by atoms with E-state index in [2.05, 4.69) is 16.0 Å². The molecule has 3 amide bonds. The predicted molar refractivity (Wildman–Crippen MR) is 162 cm³/mol. The van der Waals surface area contributed by atoms with Gasteiger partial charge in [-0.3, -0.25) is 14.4 Å². The van der Waals surface area contributed by atoms with Gasteiger partial charge in [0.15, 0.2) is 0 Å². The first-order valence-electron chi connectivity index (χ1n) is 14.0. The molecule has 2 atom stereocenters. The molecule has 9 heteroatoms. The third-order valence-electron chi connectivity index (χ3n) is 6.62. The lowest BCUT2D eigenvalue weighted by Gasteiger charge is -2.21. The molecule has 0 bridgehead atoms. The Bertz CT molecular complexity index is 1340. The Morgan fingerprint density at radius 2 is 1.40 bits per heavy atom. The minimum atomic E-state index is -0.600. The van der Waals surface area contributed by atoms with E-state index in [1.807, 2.05) is 50.2 Å². The molecule has 3 N–H and O–H groups in total. The van der Waals surface area contributed by atoms with Crippen molar-refractivity contribution in [1.82, 2.24) is 5.32 Å². The predicted octanol–water partition coefficient (Wildman–Crippen LogP) is 5.92. The van der Waals surface area contributed by atoms with Gasteiger partial charge in [-0.05, 0) is 60.2 Å². The Morgan fingerprint density at radius 3 is 2.05 bits per heavy atom. The van der Waals surface area contributed by atoms with Gasteiger partial charge < -0.3 is 25.4 Å². The summed E-state index contributed by atoms with van der Waals surface area (Å²) in [6.07, 6.45) is 1.16. The second-order valence-corrected chi connectivity index (χ2v) is 10.5. The maximum absolute atomic E-state index is 13.3. The van der Waals surface area contributed by atoms with Crippen molar-refractivity contribution < 1.29 is 28.7 Å². The van der Waals surface area contributed by atoms with Gasteiger partial charge in [0.1, 0.15) is 5.75 Å². The maximum Gasteiger partial charge on any atom is 0.323 e. The van der Waals surface area contributed by atoms with Gasteiger partial charge in [-0.15, -0.1) is 0 Å². The first-order valence-corrected chi connectivity index (χ1v) is 14.0. The van der Waals surface area contributed by atoms with Crippen molar-refractivity contribution in [3.8, 4) is 5.75 Å². The van der Waals surface area contributed by atoms with Crippen molar-refractivity contribution in [3.63, 3.8) is 0 Å². The molecule has 222 valence electrons. The monoisotopic (exact) mass is 573 g/mol. The van der Waals surface area contributed by atoms with Crippen LogP contribution in [0.5, 0.6) is 5.75 Å². The number of ether oxygens (including phenoxy) is 2. The van der Waals surface area contributed by atoms with Crippen LogP contribution in [0, 0.1) is 11.8 Å². The lowest BCUT2D eigenvalue weighted by molar-refractivity contribution is -0.140. The standard InChI is InChI=1S/C33H39N3O6/c1-22(2)20-28(24-14-17-27(18-15-24)36-33(40)35-26-11-6-5-7-12-26)31(38)34-21-23(3)32(39)42-29-13-9-8-10-25(29)16-19-30(37)41-4/h5-15,17-18,22-23,28H,16,19-21H2,1-4H3,(H,34,38)(H2,35,36,40)/t23-,28-/m0/s1. The number of esters is 2. The van der Waals surface area contributed by atoms with Gasteiger partial charge in [-0.2, -0.15) is 0 Å². The molecule has 9 nitrogen and oxygen atoms in total. The number of amides is 3. The molecule has 0 aliphatic carbocycles. The SMILES string of the molecule is COC(=O)CCc1ccccc1OC(=O)[C@@H](C)CNC(=O)[C@@H](CC(C)C)c1ccc(NC(=O)Nc2ccccc2)cc1. The summed E-state index contributed by atoms with van der Waals surface area (Å²) in [5.41, 5.74) is 2.81. The fourth-order valence-electron chi connectivity index (χ4n) is 4.30. The molecule has 0 aliphatic heterocycles. The average molecular weight is 574 g/mol. The highest BCUT2D eigenvalue weighted by atomic mass is 16.5. The molecule has 3 rings (SSSR count). The summed E-state index contributed by atoms with van der Waals surface area (Å²) < 4.78 is 10.3. The molecular formula is C33H39N3O6. The van der Waals surface area contributed by atoms with Crippen molar-refractivity contribution in [1.29, 1.82) is 0 Å². The zero-order valence-corrected chi connectivity index (χ0v) is 24.5. The highest BCUT2D eigenvalue weighted by molar-refractivity contribution is 5.99. The number of methoxy groups -OCH3 is 1. The molecule has 0 aliphatic rings. The van der Waals surface area contributed by atoms with E-state index in [4.69, 9.17) is 9.47 Å². The largest absolute Gasteiger partial charge is 0.469 e. The minimum Gasteiger partial charge on any atom is -0.469 e. The lowest BCUT2D eigenvalue weighted by atomic mass is 9.89. The van der Waals surface area contributed by atoms with Gasteiger partial charge in [0, 0.05) is 24.3 Å². The van der Waals surface area contributed by atoms with Crippen molar-refractivity contribution in [3.05, 3.63) is 90.0 Å². The first kappa shape index (κ1) is 31.9. The summed E-state index contributed by atoms with van der Waals surface area (Å²) in [4.78, 5) is 50.0. The van der Waals surface area contributed by atoms with Crippen molar-refractivity contribution in [2.45, 2.75) is 46.0 Å². The number of carbonyl (C=O) groups excluding carboxylic acids is 4. The lowest BCUT2D eigenvalue weighted by Crippen LogP contribution is -2.36. The van der Waals surface area contributed by atoms with Crippen LogP contribution < -0.4 is 20.7 Å². The third-order valence-corrected chi connectivity index (χ3v) is 6.62. The number of hydrogen-bond donors (Lipinski definition) is 3. The molecule has 0 unspecified atom stereocenters. The van der Waals surface area contributed by atoms with Crippen molar-refractivity contribution >= 4 is 35.3 Å². The molecule has 42 heavy (non-hydrogen) atoms. The maximum atomic E-state index is 13.3. The van der Waals surface area contributed by atoms with Gasteiger partial charge in [0.05, 0.1) is 18.9 Å². The summed E-state index contributed by atoms with van der Waals surface area (Å²) in [5.74, 6) is -1.42. The molecule has 0 spiro atoms. The zero-order valence-electron chi connectivity index (χ0n) is 24.5. The van der Waals surface area contributed by atoms with Crippen LogP contribution in [0.25, 0.3) is 0 Å². The molecule has 0 radical (unpaired) electrons. The van der Waals surface area contributed by atoms with E-state index in [1.54, 1.807) is 49.4 Å². The van der Waals surface area contributed by atoms with Gasteiger partial charge in [-0.25, -0.2) is 4.79 Å². The molecule has 0 saturated heterocycles. The Labute approximate surface area is 247 Å². The molecule has 3 aromatic carbocycles. The number of carbonyl (C=O) groups is 4. The number of urea groups is 1. The second kappa shape index (κ2) is 16.0. The summed E-state index contributed by atoms with van der Waals surface area (Å²) >= 11 is 0. The van der Waals surface area contributed by atoms with E-state index in [9.17, 15) is 19.2 Å². The summed E-state index contributed by atoms with van der Waals surface area (Å²) in [6, 6.07) is 23.0. The Balaban J connectivity index is 1.57. The number of hydrogen-bond acceptors (Lipinski definition) is 6. The summed E-state index contributed by atoms with van der Waals surface area (Å²) in [7, 11) is 1.33. The molecule has 0 heterocycles. The zero-order chi connectivity index (χ0) is 30.5. The van der Waals surface area contributed by atoms with Gasteiger partial charge in [0.25, 0.3) is 0 Å². The van der Waals surface area contributed by atoms with Crippen LogP contribution in [-0.4, -0.2) is 37.5 Å². The summed E-state index contributed by atoms with van der Waals surface area (Å²) in [5, 5.41) is 8.47.